The van der Waals surface area contributed by atoms with Crippen molar-refractivity contribution in [2.24, 2.45) is 5.41 Å². The second kappa shape index (κ2) is 4.50. The van der Waals surface area contributed by atoms with Gasteiger partial charge in [0.05, 0.1) is 17.2 Å². The van der Waals surface area contributed by atoms with Gasteiger partial charge in [0.2, 0.25) is 10.0 Å². The Labute approximate surface area is 91.9 Å². The Kier molecular flexibility index (Phi) is 3.74. The molecule has 15 heavy (non-hydrogen) atoms. The molecule has 1 aliphatic heterocycles. The fourth-order valence-corrected chi connectivity index (χ4v) is 3.27. The van der Waals surface area contributed by atoms with Crippen LogP contribution in [0.2, 0.25) is 0 Å². The number of sulfonamides is 1. The smallest absolute Gasteiger partial charge is 0.212 e. The molecule has 0 aliphatic carbocycles. The Balaban J connectivity index is 2.63. The highest BCUT2D eigenvalue weighted by molar-refractivity contribution is 7.89. The Bertz CT molecular complexity index is 348. The summed E-state index contributed by atoms with van der Waals surface area (Å²) in [5, 5.41) is 8.92. The molecule has 0 saturated carbocycles. The van der Waals surface area contributed by atoms with Gasteiger partial charge in [-0.3, -0.25) is 0 Å². The van der Waals surface area contributed by atoms with Gasteiger partial charge in [0.15, 0.2) is 0 Å². The first-order chi connectivity index (χ1) is 6.93. The van der Waals surface area contributed by atoms with Crippen molar-refractivity contribution in [3.63, 3.8) is 0 Å². The van der Waals surface area contributed by atoms with E-state index in [1.54, 1.807) is 0 Å². The van der Waals surface area contributed by atoms with Gasteiger partial charge in [0, 0.05) is 13.1 Å². The van der Waals surface area contributed by atoms with Crippen LogP contribution in [0.5, 0.6) is 0 Å². The minimum absolute atomic E-state index is 0.219. The molecule has 1 rings (SSSR count). The summed E-state index contributed by atoms with van der Waals surface area (Å²) in [6.45, 7) is 4.75. The van der Waals surface area contributed by atoms with Crippen molar-refractivity contribution >= 4 is 10.0 Å². The maximum Gasteiger partial charge on any atom is 0.214 e. The van der Waals surface area contributed by atoms with Crippen molar-refractivity contribution in [1.82, 2.24) is 4.31 Å². The monoisotopic (exact) mass is 230 g/mol. The zero-order valence-corrected chi connectivity index (χ0v) is 10.2. The van der Waals surface area contributed by atoms with Gasteiger partial charge in [-0.2, -0.15) is 5.26 Å². The standard InChI is InChI=1S/C10H18N2O2S/c1-3-8-15(13,14)12-6-4-10(2,9-11)5-7-12/h3-8H2,1-2H3. The fraction of sp³-hybridized carbons (Fsp3) is 0.900. The van der Waals surface area contributed by atoms with Crippen molar-refractivity contribution in [2.45, 2.75) is 33.1 Å². The van der Waals surface area contributed by atoms with Crippen LogP contribution in [0.25, 0.3) is 0 Å². The van der Waals surface area contributed by atoms with E-state index in [0.29, 0.717) is 32.4 Å². The summed E-state index contributed by atoms with van der Waals surface area (Å²) in [7, 11) is -3.07. The van der Waals surface area contributed by atoms with E-state index in [1.807, 2.05) is 13.8 Å². The Hall–Kier alpha value is -0.600. The van der Waals surface area contributed by atoms with Gasteiger partial charge in [0.1, 0.15) is 0 Å². The summed E-state index contributed by atoms with van der Waals surface area (Å²) in [5.41, 5.74) is -0.335. The topological polar surface area (TPSA) is 61.2 Å². The van der Waals surface area contributed by atoms with Crippen molar-refractivity contribution in [1.29, 1.82) is 5.26 Å². The second-order valence-electron chi connectivity index (χ2n) is 4.39. The van der Waals surface area contributed by atoms with Gasteiger partial charge in [-0.25, -0.2) is 12.7 Å². The average Bonchev–Trinajstić information content (AvgIpc) is 2.18. The maximum atomic E-state index is 11.7. The first-order valence-electron chi connectivity index (χ1n) is 5.32. The van der Waals surface area contributed by atoms with Crippen molar-refractivity contribution in [3.8, 4) is 6.07 Å². The van der Waals surface area contributed by atoms with E-state index >= 15 is 0 Å². The summed E-state index contributed by atoms with van der Waals surface area (Å²) >= 11 is 0. The number of hydrogen-bond acceptors (Lipinski definition) is 3. The van der Waals surface area contributed by atoms with Crippen LogP contribution in [0.15, 0.2) is 0 Å². The molecule has 0 radical (unpaired) electrons. The Morgan fingerprint density at radius 3 is 2.33 bits per heavy atom. The van der Waals surface area contributed by atoms with Crippen molar-refractivity contribution in [3.05, 3.63) is 0 Å². The SMILES string of the molecule is CCCS(=O)(=O)N1CCC(C)(C#N)CC1. The maximum absolute atomic E-state index is 11.7. The largest absolute Gasteiger partial charge is 0.214 e. The first-order valence-corrected chi connectivity index (χ1v) is 6.93. The summed E-state index contributed by atoms with van der Waals surface area (Å²) < 4.78 is 25.0. The Morgan fingerprint density at radius 2 is 1.93 bits per heavy atom. The first kappa shape index (κ1) is 12.5. The minimum Gasteiger partial charge on any atom is -0.212 e. The van der Waals surface area contributed by atoms with Crippen LogP contribution >= 0.6 is 0 Å². The molecule has 0 bridgehead atoms. The third kappa shape index (κ3) is 2.93. The van der Waals surface area contributed by atoms with Crippen LogP contribution in [-0.4, -0.2) is 31.6 Å². The molecule has 0 spiro atoms. The second-order valence-corrected chi connectivity index (χ2v) is 6.48. The lowest BCUT2D eigenvalue weighted by Crippen LogP contribution is -2.42. The lowest BCUT2D eigenvalue weighted by atomic mass is 9.83. The predicted octanol–water partition coefficient (Wildman–Crippen LogP) is 1.35. The van der Waals surface area contributed by atoms with Gasteiger partial charge in [-0.1, -0.05) is 6.92 Å². The highest BCUT2D eigenvalue weighted by atomic mass is 32.2. The molecular formula is C10H18N2O2S. The lowest BCUT2D eigenvalue weighted by molar-refractivity contribution is 0.232. The van der Waals surface area contributed by atoms with Gasteiger partial charge in [-0.05, 0) is 26.2 Å². The van der Waals surface area contributed by atoms with Crippen LogP contribution < -0.4 is 0 Å². The molecule has 0 aromatic heterocycles. The molecule has 1 fully saturated rings. The number of nitrogens with zero attached hydrogens (tertiary/aromatic N) is 2. The minimum atomic E-state index is -3.07. The number of piperidine rings is 1. The molecule has 0 amide bonds. The van der Waals surface area contributed by atoms with Crippen LogP contribution in [-0.2, 0) is 10.0 Å². The summed E-state index contributed by atoms with van der Waals surface area (Å²) in [6, 6.07) is 2.26. The average molecular weight is 230 g/mol. The number of nitriles is 1. The molecule has 4 nitrogen and oxygen atoms in total. The van der Waals surface area contributed by atoms with E-state index < -0.39 is 10.0 Å². The van der Waals surface area contributed by atoms with E-state index in [9.17, 15) is 8.42 Å². The predicted molar refractivity (Wildman–Crippen MR) is 58.6 cm³/mol. The number of rotatable bonds is 3. The van der Waals surface area contributed by atoms with E-state index in [0.717, 1.165) is 0 Å². The quantitative estimate of drug-likeness (QED) is 0.735. The number of hydrogen-bond donors (Lipinski definition) is 0. The normalized spacial score (nSPS) is 22.2. The summed E-state index contributed by atoms with van der Waals surface area (Å²) in [4.78, 5) is 0. The van der Waals surface area contributed by atoms with Crippen LogP contribution in [0, 0.1) is 16.7 Å². The molecule has 0 N–H and O–H groups in total. The molecule has 1 aliphatic rings. The van der Waals surface area contributed by atoms with Crippen LogP contribution in [0.3, 0.4) is 0 Å². The summed E-state index contributed by atoms with van der Waals surface area (Å²) in [5.74, 6) is 0.219. The van der Waals surface area contributed by atoms with E-state index in [1.165, 1.54) is 4.31 Å². The van der Waals surface area contributed by atoms with Crippen molar-refractivity contribution < 1.29 is 8.42 Å². The molecule has 1 heterocycles. The molecule has 0 aromatic carbocycles. The molecule has 0 unspecified atom stereocenters. The van der Waals surface area contributed by atoms with E-state index in [2.05, 4.69) is 6.07 Å². The third-order valence-corrected chi connectivity index (χ3v) is 5.03. The Morgan fingerprint density at radius 1 is 1.40 bits per heavy atom. The molecule has 1 saturated heterocycles. The summed E-state index contributed by atoms with van der Waals surface area (Å²) in [6.07, 6.45) is 1.94. The van der Waals surface area contributed by atoms with Gasteiger partial charge in [0.25, 0.3) is 0 Å². The molecule has 86 valence electrons. The zero-order chi connectivity index (χ0) is 11.5. The van der Waals surface area contributed by atoms with Crippen LogP contribution in [0.1, 0.15) is 33.1 Å². The fourth-order valence-electron chi connectivity index (χ4n) is 1.76. The van der Waals surface area contributed by atoms with Gasteiger partial charge >= 0.3 is 0 Å². The van der Waals surface area contributed by atoms with Gasteiger partial charge < -0.3 is 0 Å². The van der Waals surface area contributed by atoms with E-state index in [4.69, 9.17) is 5.26 Å². The lowest BCUT2D eigenvalue weighted by Gasteiger charge is -2.34. The third-order valence-electron chi connectivity index (χ3n) is 2.95. The molecular weight excluding hydrogens is 212 g/mol. The highest BCUT2D eigenvalue weighted by Gasteiger charge is 2.34. The van der Waals surface area contributed by atoms with Crippen molar-refractivity contribution in [2.75, 3.05) is 18.8 Å². The molecule has 5 heteroatoms. The van der Waals surface area contributed by atoms with E-state index in [-0.39, 0.29) is 11.2 Å². The molecule has 0 atom stereocenters. The zero-order valence-electron chi connectivity index (χ0n) is 9.36. The van der Waals surface area contributed by atoms with Gasteiger partial charge in [-0.15, -0.1) is 0 Å². The highest BCUT2D eigenvalue weighted by Crippen LogP contribution is 2.30. The van der Waals surface area contributed by atoms with Crippen LogP contribution in [0.4, 0.5) is 0 Å². The molecule has 0 aromatic rings.